The molecule has 1 aliphatic rings. The second-order valence-corrected chi connectivity index (χ2v) is 10.1. The number of piperazine rings is 1. The van der Waals surface area contributed by atoms with Gasteiger partial charge in [-0.1, -0.05) is 54.6 Å². The monoisotopic (exact) mass is 510 g/mol. The highest BCUT2D eigenvalue weighted by Gasteiger charge is 2.31. The first kappa shape index (κ1) is 24.6. The van der Waals surface area contributed by atoms with E-state index < -0.39 is 0 Å². The number of urea groups is 2. The van der Waals surface area contributed by atoms with Crippen molar-refractivity contribution < 1.29 is 9.59 Å². The Labute approximate surface area is 222 Å². The van der Waals surface area contributed by atoms with Gasteiger partial charge >= 0.3 is 12.1 Å². The molecule has 0 radical (unpaired) electrons. The maximum Gasteiger partial charge on any atom is 0.329 e. The molecule has 0 saturated carbocycles. The zero-order valence-corrected chi connectivity index (χ0v) is 21.7. The molecule has 7 heteroatoms. The lowest BCUT2D eigenvalue weighted by molar-refractivity contribution is 0.150. The first-order valence-electron chi connectivity index (χ1n) is 12.4. The molecule has 0 aliphatic carbocycles. The van der Waals surface area contributed by atoms with E-state index in [0.29, 0.717) is 32.7 Å². The second-order valence-electron chi connectivity index (χ2n) is 9.03. The summed E-state index contributed by atoms with van der Waals surface area (Å²) in [5, 5.41) is 2.11. The highest BCUT2D eigenvalue weighted by atomic mass is 32.1. The predicted molar refractivity (Wildman–Crippen MR) is 151 cm³/mol. The largest absolute Gasteiger partial charge is 0.329 e. The first-order chi connectivity index (χ1) is 18.1. The molecule has 0 unspecified atom stereocenters. The fourth-order valence-corrected chi connectivity index (χ4v) is 5.27. The summed E-state index contributed by atoms with van der Waals surface area (Å²) in [5.74, 6) is 0. The molecule has 0 spiro atoms. The number of hydrogen-bond donors (Lipinski definition) is 0. The van der Waals surface area contributed by atoms with Crippen LogP contribution in [0.2, 0.25) is 0 Å². The van der Waals surface area contributed by atoms with Crippen LogP contribution in [0.4, 0.5) is 26.7 Å². The molecular weight excluding hydrogens is 480 g/mol. The fourth-order valence-electron chi connectivity index (χ4n) is 4.57. The van der Waals surface area contributed by atoms with Gasteiger partial charge in [-0.05, 0) is 60.3 Å². The fraction of sp³-hybridized carbons (Fsp3) is 0.200. The normalized spacial score (nSPS) is 13.3. The van der Waals surface area contributed by atoms with Gasteiger partial charge in [0.2, 0.25) is 0 Å². The summed E-state index contributed by atoms with van der Waals surface area (Å²) in [7, 11) is 0. The summed E-state index contributed by atoms with van der Waals surface area (Å²) in [6.45, 7) is 4.50. The molecule has 5 rings (SSSR count). The lowest BCUT2D eigenvalue weighted by Crippen LogP contribution is -2.56. The highest BCUT2D eigenvalue weighted by molar-refractivity contribution is 7.10. The van der Waals surface area contributed by atoms with Gasteiger partial charge in [-0.25, -0.2) is 9.59 Å². The number of carbonyl (C=O) groups excluding carboxylic acids is 2. The first-order valence-corrected chi connectivity index (χ1v) is 13.3. The van der Waals surface area contributed by atoms with Crippen molar-refractivity contribution in [2.75, 3.05) is 36.0 Å². The van der Waals surface area contributed by atoms with Crippen LogP contribution in [-0.4, -0.2) is 48.0 Å². The van der Waals surface area contributed by atoms with Crippen LogP contribution in [0.3, 0.4) is 0 Å². The zero-order chi connectivity index (χ0) is 25.6. The van der Waals surface area contributed by atoms with Gasteiger partial charge < -0.3 is 9.80 Å². The van der Waals surface area contributed by atoms with Crippen LogP contribution in [-0.2, 0) is 6.54 Å². The van der Waals surface area contributed by atoms with Crippen molar-refractivity contribution in [2.45, 2.75) is 13.5 Å². The Morgan fingerprint density at radius 2 is 1.16 bits per heavy atom. The van der Waals surface area contributed by atoms with Gasteiger partial charge in [0.25, 0.3) is 0 Å². The van der Waals surface area contributed by atoms with Crippen molar-refractivity contribution >= 4 is 40.5 Å². The maximum absolute atomic E-state index is 13.7. The van der Waals surface area contributed by atoms with Crippen LogP contribution in [0.15, 0.2) is 102 Å². The van der Waals surface area contributed by atoms with Crippen LogP contribution in [0.1, 0.15) is 10.4 Å². The van der Waals surface area contributed by atoms with Crippen LogP contribution in [0.25, 0.3) is 0 Å². The molecule has 1 aliphatic heterocycles. The maximum atomic E-state index is 13.7. The van der Waals surface area contributed by atoms with Gasteiger partial charge in [0, 0.05) is 36.7 Å². The number of hydrogen-bond acceptors (Lipinski definition) is 3. The third-order valence-corrected chi connectivity index (χ3v) is 7.38. The van der Waals surface area contributed by atoms with Gasteiger partial charge in [0.1, 0.15) is 0 Å². The molecule has 0 N–H and O–H groups in total. The summed E-state index contributed by atoms with van der Waals surface area (Å²) < 4.78 is 0. The molecule has 0 atom stereocenters. The third-order valence-electron chi connectivity index (χ3n) is 6.47. The van der Waals surface area contributed by atoms with Gasteiger partial charge in [0.15, 0.2) is 0 Å². The highest BCUT2D eigenvalue weighted by Crippen LogP contribution is 2.27. The smallest absolute Gasteiger partial charge is 0.321 e. The summed E-state index contributed by atoms with van der Waals surface area (Å²) in [6, 6.07) is 31.2. The predicted octanol–water partition coefficient (Wildman–Crippen LogP) is 6.76. The van der Waals surface area contributed by atoms with Crippen molar-refractivity contribution in [1.29, 1.82) is 0 Å². The molecule has 1 saturated heterocycles. The Kier molecular flexibility index (Phi) is 7.51. The van der Waals surface area contributed by atoms with E-state index in [9.17, 15) is 9.59 Å². The molecule has 188 valence electrons. The van der Waals surface area contributed by atoms with E-state index in [0.717, 1.165) is 22.6 Å². The number of rotatable bonds is 5. The summed E-state index contributed by atoms with van der Waals surface area (Å²) in [4.78, 5) is 35.9. The topological polar surface area (TPSA) is 47.1 Å². The van der Waals surface area contributed by atoms with E-state index in [4.69, 9.17) is 0 Å². The molecular formula is C30H30N4O2S. The van der Waals surface area contributed by atoms with Crippen LogP contribution >= 0.6 is 11.3 Å². The van der Waals surface area contributed by atoms with Crippen molar-refractivity contribution in [3.05, 3.63) is 113 Å². The van der Waals surface area contributed by atoms with E-state index in [2.05, 4.69) is 18.4 Å². The second kappa shape index (κ2) is 11.3. The van der Waals surface area contributed by atoms with Crippen molar-refractivity contribution in [2.24, 2.45) is 0 Å². The zero-order valence-electron chi connectivity index (χ0n) is 20.9. The minimum absolute atomic E-state index is 0.0369. The Balaban J connectivity index is 1.31. The molecule has 1 aromatic heterocycles. The van der Waals surface area contributed by atoms with E-state index >= 15 is 0 Å². The molecule has 1 fully saturated rings. The van der Waals surface area contributed by atoms with E-state index in [-0.39, 0.29) is 12.1 Å². The number of amides is 4. The van der Waals surface area contributed by atoms with Crippen molar-refractivity contribution in [3.63, 3.8) is 0 Å². The van der Waals surface area contributed by atoms with Crippen molar-refractivity contribution in [1.82, 2.24) is 9.80 Å². The van der Waals surface area contributed by atoms with Gasteiger partial charge in [-0.2, -0.15) is 0 Å². The number of carbonyl (C=O) groups is 2. The average Bonchev–Trinajstić information content (AvgIpc) is 3.37. The number of benzene rings is 3. The number of para-hydroxylation sites is 3. The Bertz CT molecular complexity index is 1280. The van der Waals surface area contributed by atoms with Gasteiger partial charge in [-0.15, -0.1) is 11.3 Å². The summed E-state index contributed by atoms with van der Waals surface area (Å²) in [5.41, 5.74) is 3.63. The van der Waals surface area contributed by atoms with Crippen LogP contribution in [0.5, 0.6) is 0 Å². The molecule has 2 heterocycles. The van der Waals surface area contributed by atoms with Crippen molar-refractivity contribution in [3.8, 4) is 0 Å². The van der Waals surface area contributed by atoms with Crippen LogP contribution in [0, 0.1) is 6.92 Å². The number of thiophene rings is 1. The number of anilines is 3. The summed E-state index contributed by atoms with van der Waals surface area (Å²) >= 11 is 1.69. The Morgan fingerprint density at radius 3 is 1.62 bits per heavy atom. The molecule has 6 nitrogen and oxygen atoms in total. The summed E-state index contributed by atoms with van der Waals surface area (Å²) in [6.07, 6.45) is 0. The minimum atomic E-state index is -0.0850. The minimum Gasteiger partial charge on any atom is -0.321 e. The van der Waals surface area contributed by atoms with Gasteiger partial charge in [-0.3, -0.25) is 9.80 Å². The molecule has 37 heavy (non-hydrogen) atoms. The standard InChI is InChI=1S/C30H30N4O2S/c1-24-21-25(23-37-24)22-33(26-11-5-2-6-12-26)29(35)31-17-19-32(20-18-31)30(36)34(27-13-7-3-8-14-27)28-15-9-4-10-16-28/h2-16,21,23H,17-20,22H2,1H3. The molecule has 4 amide bonds. The molecule has 0 bridgehead atoms. The number of aryl methyl sites for hydroxylation is 1. The molecule has 4 aromatic rings. The SMILES string of the molecule is Cc1cc(CN(C(=O)N2CCN(C(=O)N(c3ccccc3)c3ccccc3)CC2)c2ccccc2)cs1. The van der Waals surface area contributed by atoms with E-state index in [1.54, 1.807) is 16.2 Å². The Hall–Kier alpha value is -4.10. The van der Waals surface area contributed by atoms with Gasteiger partial charge in [0.05, 0.1) is 17.9 Å². The number of nitrogens with zero attached hydrogens (tertiary/aromatic N) is 4. The van der Waals surface area contributed by atoms with E-state index in [1.165, 1.54) is 4.88 Å². The quantitative estimate of drug-likeness (QED) is 0.298. The average molecular weight is 511 g/mol. The third kappa shape index (κ3) is 5.67. The van der Waals surface area contributed by atoms with E-state index in [1.807, 2.05) is 106 Å². The lowest BCUT2D eigenvalue weighted by Gasteiger charge is -2.39. The Morgan fingerprint density at radius 1 is 0.703 bits per heavy atom. The lowest BCUT2D eigenvalue weighted by atomic mass is 10.2. The van der Waals surface area contributed by atoms with Crippen LogP contribution < -0.4 is 9.80 Å². The molecule has 3 aromatic carbocycles.